The molecule has 1 rings (SSSR count). The van der Waals surface area contributed by atoms with Crippen LogP contribution in [0.2, 0.25) is 0 Å². The minimum atomic E-state index is -0.627. The maximum atomic E-state index is 12.4. The predicted molar refractivity (Wildman–Crippen MR) is 101 cm³/mol. The topological polar surface area (TPSA) is 108 Å². The number of carbonyl (C=O) groups excluding carboxylic acids is 2. The van der Waals surface area contributed by atoms with Crippen LogP contribution in [0, 0.1) is 10.1 Å². The summed E-state index contributed by atoms with van der Waals surface area (Å²) in [4.78, 5) is 34.6. The highest BCUT2D eigenvalue weighted by Gasteiger charge is 2.27. The van der Waals surface area contributed by atoms with Crippen LogP contribution in [0.25, 0.3) is 0 Å². The number of non-ortho nitro benzene ring substituents is 1. The van der Waals surface area contributed by atoms with Gasteiger partial charge in [-0.2, -0.15) is 0 Å². The zero-order chi connectivity index (χ0) is 20.6. The van der Waals surface area contributed by atoms with E-state index in [0.29, 0.717) is 12.8 Å². The van der Waals surface area contributed by atoms with Gasteiger partial charge in [-0.25, -0.2) is 9.59 Å². The number of carbonyl (C=O) groups is 2. The predicted octanol–water partition coefficient (Wildman–Crippen LogP) is 4.22. The Morgan fingerprint density at radius 1 is 1.19 bits per heavy atom. The number of ether oxygens (including phenoxy) is 2. The Labute approximate surface area is 159 Å². The fourth-order valence-electron chi connectivity index (χ4n) is 2.47. The Morgan fingerprint density at radius 2 is 1.78 bits per heavy atom. The Hall–Kier alpha value is -2.64. The van der Waals surface area contributed by atoms with Crippen LogP contribution in [0.3, 0.4) is 0 Å². The molecule has 0 saturated carbocycles. The average molecular weight is 380 g/mol. The van der Waals surface area contributed by atoms with Gasteiger partial charge in [-0.1, -0.05) is 20.3 Å². The summed E-state index contributed by atoms with van der Waals surface area (Å²) < 4.78 is 10.9. The minimum absolute atomic E-state index is 0.102. The third-order valence-electron chi connectivity index (χ3n) is 3.74. The SMILES string of the molecule is CCCC(OC(=O)c1ccc([N+](=O)[O-])cc1)[C@H](CC)NC(=O)OC(C)(C)C. The van der Waals surface area contributed by atoms with Gasteiger partial charge in [0.05, 0.1) is 16.5 Å². The van der Waals surface area contributed by atoms with E-state index in [1.807, 2.05) is 13.8 Å². The van der Waals surface area contributed by atoms with E-state index >= 15 is 0 Å². The van der Waals surface area contributed by atoms with Crippen LogP contribution >= 0.6 is 0 Å². The van der Waals surface area contributed by atoms with Gasteiger partial charge in [0, 0.05) is 12.1 Å². The molecule has 8 heteroatoms. The van der Waals surface area contributed by atoms with E-state index in [4.69, 9.17) is 9.47 Å². The Bertz CT molecular complexity index is 651. The van der Waals surface area contributed by atoms with Crippen LogP contribution in [-0.2, 0) is 9.47 Å². The van der Waals surface area contributed by atoms with Gasteiger partial charge in [-0.3, -0.25) is 10.1 Å². The maximum absolute atomic E-state index is 12.4. The van der Waals surface area contributed by atoms with Crippen molar-refractivity contribution in [3.05, 3.63) is 39.9 Å². The van der Waals surface area contributed by atoms with E-state index in [2.05, 4.69) is 5.32 Å². The van der Waals surface area contributed by atoms with E-state index < -0.39 is 34.7 Å². The van der Waals surface area contributed by atoms with Crippen molar-refractivity contribution in [3.63, 3.8) is 0 Å². The summed E-state index contributed by atoms with van der Waals surface area (Å²) in [6.45, 7) is 9.14. The van der Waals surface area contributed by atoms with Gasteiger partial charge in [0.25, 0.3) is 5.69 Å². The molecule has 8 nitrogen and oxygen atoms in total. The molecule has 0 aliphatic heterocycles. The molecule has 0 radical (unpaired) electrons. The quantitative estimate of drug-likeness (QED) is 0.411. The monoisotopic (exact) mass is 380 g/mol. The number of hydrogen-bond donors (Lipinski definition) is 1. The summed E-state index contributed by atoms with van der Waals surface area (Å²) in [7, 11) is 0. The largest absolute Gasteiger partial charge is 0.457 e. The molecule has 0 fully saturated rings. The second kappa shape index (κ2) is 9.89. The van der Waals surface area contributed by atoms with Gasteiger partial charge in [0.1, 0.15) is 11.7 Å². The Kier molecular flexibility index (Phi) is 8.21. The van der Waals surface area contributed by atoms with Crippen molar-refractivity contribution in [2.45, 2.75) is 71.6 Å². The van der Waals surface area contributed by atoms with E-state index in [-0.39, 0.29) is 11.3 Å². The lowest BCUT2D eigenvalue weighted by Gasteiger charge is -2.28. The van der Waals surface area contributed by atoms with Crippen molar-refractivity contribution in [2.75, 3.05) is 0 Å². The van der Waals surface area contributed by atoms with Crippen molar-refractivity contribution < 1.29 is 24.0 Å². The normalized spacial score (nSPS) is 13.4. The number of benzene rings is 1. The molecule has 27 heavy (non-hydrogen) atoms. The fourth-order valence-corrected chi connectivity index (χ4v) is 2.47. The number of nitro groups is 1. The molecular formula is C19H28N2O6. The van der Waals surface area contributed by atoms with Crippen LogP contribution < -0.4 is 5.32 Å². The highest BCUT2D eigenvalue weighted by Crippen LogP contribution is 2.17. The zero-order valence-electron chi connectivity index (χ0n) is 16.5. The number of alkyl carbamates (subject to hydrolysis) is 1. The first-order valence-electron chi connectivity index (χ1n) is 9.02. The zero-order valence-corrected chi connectivity index (χ0v) is 16.5. The van der Waals surface area contributed by atoms with Gasteiger partial charge < -0.3 is 14.8 Å². The average Bonchev–Trinajstić information content (AvgIpc) is 2.57. The number of amides is 1. The first kappa shape index (κ1) is 22.4. The highest BCUT2D eigenvalue weighted by atomic mass is 16.6. The van der Waals surface area contributed by atoms with Crippen molar-refractivity contribution >= 4 is 17.7 Å². The highest BCUT2D eigenvalue weighted by molar-refractivity contribution is 5.89. The van der Waals surface area contributed by atoms with Gasteiger partial charge >= 0.3 is 12.1 Å². The molecule has 0 spiro atoms. The number of esters is 1. The number of nitrogens with one attached hydrogen (secondary N) is 1. The van der Waals surface area contributed by atoms with E-state index in [1.165, 1.54) is 24.3 Å². The Balaban J connectivity index is 2.83. The summed E-state index contributed by atoms with van der Waals surface area (Å²) in [6.07, 6.45) is 0.770. The van der Waals surface area contributed by atoms with Crippen LogP contribution in [0.5, 0.6) is 0 Å². The van der Waals surface area contributed by atoms with E-state index in [0.717, 1.165) is 6.42 Å². The standard InChI is InChI=1S/C19H28N2O6/c1-6-8-16(15(7-2)20-18(23)27-19(3,4)5)26-17(22)13-9-11-14(12-10-13)21(24)25/h9-12,15-16H,6-8H2,1-5H3,(H,20,23)/t15-,16?/m0/s1. The first-order valence-corrected chi connectivity index (χ1v) is 9.02. The van der Waals surface area contributed by atoms with Gasteiger partial charge in [-0.15, -0.1) is 0 Å². The summed E-state index contributed by atoms with van der Waals surface area (Å²) in [6, 6.07) is 4.81. The number of rotatable bonds is 8. The third-order valence-corrected chi connectivity index (χ3v) is 3.74. The van der Waals surface area contributed by atoms with Crippen LogP contribution in [0.4, 0.5) is 10.5 Å². The molecule has 0 heterocycles. The molecule has 2 atom stereocenters. The molecule has 0 saturated heterocycles. The lowest BCUT2D eigenvalue weighted by molar-refractivity contribution is -0.384. The van der Waals surface area contributed by atoms with Gasteiger partial charge in [0.15, 0.2) is 0 Å². The lowest BCUT2D eigenvalue weighted by atomic mass is 10.0. The smallest absolute Gasteiger partial charge is 0.408 e. The van der Waals surface area contributed by atoms with Crippen molar-refractivity contribution in [2.24, 2.45) is 0 Å². The molecule has 0 aliphatic rings. The second-order valence-corrected chi connectivity index (χ2v) is 7.20. The Morgan fingerprint density at radius 3 is 2.22 bits per heavy atom. The number of nitrogens with zero attached hydrogens (tertiary/aromatic N) is 1. The molecule has 0 aromatic heterocycles. The molecule has 0 bridgehead atoms. The molecule has 150 valence electrons. The molecule has 1 aromatic rings. The van der Waals surface area contributed by atoms with Crippen LogP contribution in [-0.4, -0.2) is 34.7 Å². The van der Waals surface area contributed by atoms with Gasteiger partial charge in [-0.05, 0) is 45.7 Å². The molecule has 1 amide bonds. The van der Waals surface area contributed by atoms with Crippen LogP contribution in [0.1, 0.15) is 64.2 Å². The first-order chi connectivity index (χ1) is 12.6. The fraction of sp³-hybridized carbons (Fsp3) is 0.579. The second-order valence-electron chi connectivity index (χ2n) is 7.20. The summed E-state index contributed by atoms with van der Waals surface area (Å²) >= 11 is 0. The third kappa shape index (κ3) is 7.64. The van der Waals surface area contributed by atoms with Gasteiger partial charge in [0.2, 0.25) is 0 Å². The number of nitro benzene ring substituents is 1. The van der Waals surface area contributed by atoms with Crippen molar-refractivity contribution in [3.8, 4) is 0 Å². The summed E-state index contributed by atoms with van der Waals surface area (Å²) in [5, 5.41) is 13.5. The molecule has 0 aliphatic carbocycles. The molecule has 1 N–H and O–H groups in total. The molecular weight excluding hydrogens is 352 g/mol. The number of hydrogen-bond acceptors (Lipinski definition) is 6. The molecule has 1 aromatic carbocycles. The minimum Gasteiger partial charge on any atom is -0.457 e. The summed E-state index contributed by atoms with van der Waals surface area (Å²) in [5.74, 6) is -0.590. The molecule has 1 unspecified atom stereocenters. The van der Waals surface area contributed by atoms with E-state index in [9.17, 15) is 19.7 Å². The van der Waals surface area contributed by atoms with Crippen LogP contribution in [0.15, 0.2) is 24.3 Å². The lowest BCUT2D eigenvalue weighted by Crippen LogP contribution is -2.46. The van der Waals surface area contributed by atoms with Crippen molar-refractivity contribution in [1.82, 2.24) is 5.32 Å². The van der Waals surface area contributed by atoms with E-state index in [1.54, 1.807) is 20.8 Å². The van der Waals surface area contributed by atoms with Crippen molar-refractivity contribution in [1.29, 1.82) is 0 Å². The summed E-state index contributed by atoms with van der Waals surface area (Å²) in [5.41, 5.74) is -0.513. The maximum Gasteiger partial charge on any atom is 0.408 e.